The third kappa shape index (κ3) is 5.57. The minimum atomic E-state index is -0.693. The van der Waals surface area contributed by atoms with Crippen molar-refractivity contribution in [1.29, 1.82) is 0 Å². The van der Waals surface area contributed by atoms with Gasteiger partial charge in [-0.25, -0.2) is 4.39 Å². The second-order valence-electron chi connectivity index (χ2n) is 5.83. The fourth-order valence-electron chi connectivity index (χ4n) is 1.73. The van der Waals surface area contributed by atoms with Gasteiger partial charge in [0.2, 0.25) is 0 Å². The Bertz CT molecular complexity index is 469. The van der Waals surface area contributed by atoms with Crippen LogP contribution in [0.15, 0.2) is 18.2 Å². The molecule has 0 aliphatic rings. The van der Waals surface area contributed by atoms with E-state index in [2.05, 4.69) is 5.32 Å². The zero-order valence-electron chi connectivity index (χ0n) is 12.5. The first-order chi connectivity index (χ1) is 9.21. The monoisotopic (exact) mass is 282 g/mol. The lowest BCUT2D eigenvalue weighted by molar-refractivity contribution is -0.128. The van der Waals surface area contributed by atoms with Gasteiger partial charge in [0, 0.05) is 11.6 Å². The van der Waals surface area contributed by atoms with Crippen LogP contribution in [0.5, 0.6) is 5.75 Å². The van der Waals surface area contributed by atoms with E-state index in [1.165, 1.54) is 12.1 Å². The number of carbonyl (C=O) groups is 1. The first kappa shape index (κ1) is 16.4. The average molecular weight is 282 g/mol. The lowest BCUT2D eigenvalue weighted by atomic mass is 10.1. The van der Waals surface area contributed by atoms with Gasteiger partial charge in [-0.05, 0) is 58.4 Å². The molecule has 0 spiro atoms. The number of rotatable bonds is 5. The molecular formula is C15H23FN2O2. The van der Waals surface area contributed by atoms with Gasteiger partial charge in [0.1, 0.15) is 11.6 Å². The largest absolute Gasteiger partial charge is 0.481 e. The summed E-state index contributed by atoms with van der Waals surface area (Å²) >= 11 is 0. The summed E-state index contributed by atoms with van der Waals surface area (Å²) in [6, 6.07) is 4.39. The summed E-state index contributed by atoms with van der Waals surface area (Å²) in [4.78, 5) is 11.9. The second kappa shape index (κ2) is 6.70. The lowest BCUT2D eigenvalue weighted by Crippen LogP contribution is -2.46. The number of nitrogens with one attached hydrogen (secondary N) is 1. The molecule has 0 heterocycles. The van der Waals surface area contributed by atoms with Gasteiger partial charge in [0.05, 0.1) is 0 Å². The zero-order valence-corrected chi connectivity index (χ0v) is 12.5. The van der Waals surface area contributed by atoms with Crippen molar-refractivity contribution in [2.45, 2.75) is 45.8 Å². The number of benzene rings is 1. The average Bonchev–Trinajstić information content (AvgIpc) is 2.26. The molecule has 0 aliphatic heterocycles. The molecule has 1 unspecified atom stereocenters. The molecule has 3 N–H and O–H groups in total. The summed E-state index contributed by atoms with van der Waals surface area (Å²) in [5.41, 5.74) is 5.88. The maximum absolute atomic E-state index is 13.5. The van der Waals surface area contributed by atoms with Crippen molar-refractivity contribution in [1.82, 2.24) is 5.32 Å². The van der Waals surface area contributed by atoms with Crippen LogP contribution in [0.1, 0.15) is 33.3 Å². The van der Waals surface area contributed by atoms with Gasteiger partial charge in [-0.15, -0.1) is 0 Å². The molecular weight excluding hydrogens is 259 g/mol. The number of hydrogen-bond acceptors (Lipinski definition) is 3. The normalized spacial score (nSPS) is 12.9. The van der Waals surface area contributed by atoms with Crippen LogP contribution in [0.2, 0.25) is 0 Å². The Balaban J connectivity index is 2.74. The van der Waals surface area contributed by atoms with E-state index in [1.807, 2.05) is 20.8 Å². The Kier molecular flexibility index (Phi) is 5.51. The van der Waals surface area contributed by atoms with E-state index in [-0.39, 0.29) is 11.4 Å². The van der Waals surface area contributed by atoms with Gasteiger partial charge < -0.3 is 15.8 Å². The summed E-state index contributed by atoms with van der Waals surface area (Å²) in [6.45, 7) is 7.73. The van der Waals surface area contributed by atoms with Crippen LogP contribution in [0, 0.1) is 5.82 Å². The predicted molar refractivity (Wildman–Crippen MR) is 77.1 cm³/mol. The van der Waals surface area contributed by atoms with E-state index in [1.54, 1.807) is 13.0 Å². The molecule has 20 heavy (non-hydrogen) atoms. The third-order valence-electron chi connectivity index (χ3n) is 2.54. The summed E-state index contributed by atoms with van der Waals surface area (Å²) in [5, 5.41) is 2.82. The quantitative estimate of drug-likeness (QED) is 0.868. The van der Waals surface area contributed by atoms with E-state index in [0.29, 0.717) is 18.7 Å². The molecule has 0 saturated heterocycles. The summed E-state index contributed by atoms with van der Waals surface area (Å²) in [6.07, 6.45) is -0.127. The van der Waals surface area contributed by atoms with Gasteiger partial charge in [-0.1, -0.05) is 0 Å². The van der Waals surface area contributed by atoms with Crippen molar-refractivity contribution in [3.05, 3.63) is 29.6 Å². The van der Waals surface area contributed by atoms with Gasteiger partial charge in [0.15, 0.2) is 6.10 Å². The minimum absolute atomic E-state index is 0.234. The summed E-state index contributed by atoms with van der Waals surface area (Å²) in [5.74, 6) is -0.290. The number of carbonyl (C=O) groups excluding carboxylic acids is 1. The fraction of sp³-hybridized carbons (Fsp3) is 0.533. The van der Waals surface area contributed by atoms with Gasteiger partial charge in [-0.2, -0.15) is 0 Å². The molecule has 0 saturated carbocycles. The van der Waals surface area contributed by atoms with E-state index in [9.17, 15) is 9.18 Å². The Hall–Kier alpha value is -1.62. The van der Waals surface area contributed by atoms with E-state index >= 15 is 0 Å². The van der Waals surface area contributed by atoms with E-state index < -0.39 is 11.9 Å². The second-order valence-corrected chi connectivity index (χ2v) is 5.83. The summed E-state index contributed by atoms with van der Waals surface area (Å²) in [7, 11) is 0. The van der Waals surface area contributed by atoms with Gasteiger partial charge >= 0.3 is 0 Å². The first-order valence-electron chi connectivity index (χ1n) is 6.69. The molecule has 5 heteroatoms. The fourth-order valence-corrected chi connectivity index (χ4v) is 1.73. The molecule has 0 aromatic heterocycles. The van der Waals surface area contributed by atoms with Gasteiger partial charge in [0.25, 0.3) is 5.91 Å². The van der Waals surface area contributed by atoms with E-state index in [0.717, 1.165) is 5.56 Å². The van der Waals surface area contributed by atoms with Crippen LogP contribution in [0.25, 0.3) is 0 Å². The maximum Gasteiger partial charge on any atom is 0.261 e. The maximum atomic E-state index is 13.5. The highest BCUT2D eigenvalue weighted by Crippen LogP contribution is 2.18. The molecule has 0 bridgehead atoms. The van der Waals surface area contributed by atoms with Crippen LogP contribution < -0.4 is 15.8 Å². The SMILES string of the molecule is CC(Oc1cc(F)cc(CCN)c1)C(=O)NC(C)(C)C. The van der Waals surface area contributed by atoms with Crippen LogP contribution in [-0.4, -0.2) is 24.1 Å². The Labute approximate surface area is 119 Å². The Morgan fingerprint density at radius 1 is 1.40 bits per heavy atom. The molecule has 1 atom stereocenters. The first-order valence-corrected chi connectivity index (χ1v) is 6.69. The van der Waals surface area contributed by atoms with Gasteiger partial charge in [-0.3, -0.25) is 4.79 Å². The molecule has 0 radical (unpaired) electrons. The van der Waals surface area contributed by atoms with Crippen molar-refractivity contribution in [3.63, 3.8) is 0 Å². The Morgan fingerprint density at radius 2 is 2.05 bits per heavy atom. The zero-order chi connectivity index (χ0) is 15.3. The highest BCUT2D eigenvalue weighted by atomic mass is 19.1. The number of ether oxygens (including phenoxy) is 1. The number of halogens is 1. The van der Waals surface area contributed by atoms with Crippen molar-refractivity contribution < 1.29 is 13.9 Å². The van der Waals surface area contributed by atoms with Crippen LogP contribution in [0.4, 0.5) is 4.39 Å². The molecule has 1 rings (SSSR count). The topological polar surface area (TPSA) is 64.3 Å². The Morgan fingerprint density at radius 3 is 2.60 bits per heavy atom. The van der Waals surface area contributed by atoms with Crippen molar-refractivity contribution in [3.8, 4) is 5.75 Å². The van der Waals surface area contributed by atoms with E-state index in [4.69, 9.17) is 10.5 Å². The molecule has 1 aromatic carbocycles. The molecule has 1 aromatic rings. The molecule has 1 amide bonds. The van der Waals surface area contributed by atoms with Crippen LogP contribution >= 0.6 is 0 Å². The smallest absolute Gasteiger partial charge is 0.261 e. The number of hydrogen-bond donors (Lipinski definition) is 2. The van der Waals surface area contributed by atoms with Crippen molar-refractivity contribution in [2.24, 2.45) is 5.73 Å². The van der Waals surface area contributed by atoms with Crippen LogP contribution in [0.3, 0.4) is 0 Å². The minimum Gasteiger partial charge on any atom is -0.481 e. The lowest BCUT2D eigenvalue weighted by Gasteiger charge is -2.23. The third-order valence-corrected chi connectivity index (χ3v) is 2.54. The standard InChI is InChI=1S/C15H23FN2O2/c1-10(14(19)18-15(2,3)4)20-13-8-11(5-6-17)7-12(16)9-13/h7-10H,5-6,17H2,1-4H3,(H,18,19). The van der Waals surface area contributed by atoms with Crippen LogP contribution in [-0.2, 0) is 11.2 Å². The highest BCUT2D eigenvalue weighted by Gasteiger charge is 2.20. The number of nitrogens with two attached hydrogens (primary N) is 1. The molecule has 112 valence electrons. The summed E-state index contributed by atoms with van der Waals surface area (Å²) < 4.78 is 18.9. The van der Waals surface area contributed by atoms with Crippen molar-refractivity contribution in [2.75, 3.05) is 6.54 Å². The van der Waals surface area contributed by atoms with Crippen molar-refractivity contribution >= 4 is 5.91 Å². The predicted octanol–water partition coefficient (Wildman–Crippen LogP) is 2.01. The molecule has 0 aliphatic carbocycles. The number of amides is 1. The molecule has 4 nitrogen and oxygen atoms in total. The molecule has 0 fully saturated rings. The highest BCUT2D eigenvalue weighted by molar-refractivity contribution is 5.81.